The molecule has 4 heterocycles. The maximum Gasteiger partial charge on any atom is 0.273 e. The minimum atomic E-state index is -0.249. The first-order valence-corrected chi connectivity index (χ1v) is 14.8. The Morgan fingerprint density at radius 2 is 1.90 bits per heavy atom. The molecule has 12 heteroatoms. The Morgan fingerprint density at radius 3 is 2.67 bits per heavy atom. The zero-order chi connectivity index (χ0) is 27.6. The summed E-state index contributed by atoms with van der Waals surface area (Å²) in [4.78, 5) is 21.5. The van der Waals surface area contributed by atoms with Gasteiger partial charge in [-0.2, -0.15) is 0 Å². The van der Waals surface area contributed by atoms with Crippen molar-refractivity contribution >= 4 is 46.3 Å². The molecule has 0 spiro atoms. The fraction of sp³-hybridized carbons (Fsp3) is 0.214. The van der Waals surface area contributed by atoms with Gasteiger partial charge in [0.2, 0.25) is 5.82 Å². The second-order valence-corrected chi connectivity index (χ2v) is 11.5. The highest BCUT2D eigenvalue weighted by Crippen LogP contribution is 2.33. The molecule has 0 saturated carbocycles. The van der Waals surface area contributed by atoms with Gasteiger partial charge in [-0.3, -0.25) is 9.36 Å². The quantitative estimate of drug-likeness (QED) is 0.203. The highest BCUT2D eigenvalue weighted by atomic mass is 35.5. The van der Waals surface area contributed by atoms with Crippen molar-refractivity contribution in [3.05, 3.63) is 93.3 Å². The number of nitrogens with zero attached hydrogens (tertiary/aromatic N) is 6. The summed E-state index contributed by atoms with van der Waals surface area (Å²) in [6.45, 7) is 4.14. The molecular weight excluding hydrogens is 571 g/mol. The number of aromatic nitrogens is 4. The molecule has 2 aromatic carbocycles. The topological polar surface area (TPSA) is 80.3 Å². The Morgan fingerprint density at radius 1 is 1.07 bits per heavy atom. The lowest BCUT2D eigenvalue weighted by Crippen LogP contribution is -2.49. The van der Waals surface area contributed by atoms with Crippen LogP contribution >= 0.6 is 34.7 Å². The molecule has 40 heavy (non-hydrogen) atoms. The van der Waals surface area contributed by atoms with Gasteiger partial charge >= 0.3 is 0 Å². The van der Waals surface area contributed by atoms with Gasteiger partial charge in [0.05, 0.1) is 23.4 Å². The number of carbonyl (C=O) groups is 1. The van der Waals surface area contributed by atoms with Crippen LogP contribution in [0.5, 0.6) is 0 Å². The molecule has 3 aromatic heterocycles. The third-order valence-corrected chi connectivity index (χ3v) is 8.85. The number of para-hydroxylation sites is 1. The molecule has 0 bridgehead atoms. The van der Waals surface area contributed by atoms with Crippen LogP contribution in [0, 0.1) is 12.7 Å². The lowest BCUT2D eigenvalue weighted by molar-refractivity contribution is 0.0741. The van der Waals surface area contributed by atoms with Crippen molar-refractivity contribution in [3.63, 3.8) is 0 Å². The number of halogens is 2. The van der Waals surface area contributed by atoms with Crippen molar-refractivity contribution in [1.82, 2.24) is 24.6 Å². The summed E-state index contributed by atoms with van der Waals surface area (Å²) in [6, 6.07) is 16.0. The number of thiazole rings is 1. The van der Waals surface area contributed by atoms with E-state index < -0.39 is 0 Å². The van der Waals surface area contributed by atoms with Crippen molar-refractivity contribution in [2.45, 2.75) is 17.8 Å². The predicted octanol–water partition coefficient (Wildman–Crippen LogP) is 6.34. The van der Waals surface area contributed by atoms with Crippen LogP contribution in [0.25, 0.3) is 17.3 Å². The Labute approximate surface area is 243 Å². The number of hydrogen-bond acceptors (Lipinski definition) is 8. The number of carbonyl (C=O) groups excluding carboxylic acids is 1. The van der Waals surface area contributed by atoms with E-state index in [4.69, 9.17) is 16.0 Å². The number of rotatable bonds is 7. The van der Waals surface area contributed by atoms with Gasteiger partial charge in [0.1, 0.15) is 16.5 Å². The Bertz CT molecular complexity index is 1650. The predicted molar refractivity (Wildman–Crippen MR) is 155 cm³/mol. The van der Waals surface area contributed by atoms with E-state index in [2.05, 4.69) is 15.2 Å². The number of amides is 1. The molecule has 1 aliphatic heterocycles. The molecule has 6 rings (SSSR count). The van der Waals surface area contributed by atoms with Crippen LogP contribution in [-0.4, -0.2) is 56.7 Å². The van der Waals surface area contributed by atoms with E-state index in [9.17, 15) is 9.18 Å². The number of furan rings is 1. The fourth-order valence-electron chi connectivity index (χ4n) is 4.59. The zero-order valence-electron chi connectivity index (χ0n) is 21.5. The van der Waals surface area contributed by atoms with Crippen LogP contribution in [-0.2, 0) is 5.75 Å². The van der Waals surface area contributed by atoms with Crippen LogP contribution in [0.3, 0.4) is 0 Å². The van der Waals surface area contributed by atoms with Crippen LogP contribution < -0.4 is 4.90 Å². The molecule has 204 valence electrons. The molecule has 0 N–H and O–H groups in total. The van der Waals surface area contributed by atoms with Gasteiger partial charge in [-0.05, 0) is 48.9 Å². The number of aryl methyl sites for hydroxylation is 1. The van der Waals surface area contributed by atoms with Crippen molar-refractivity contribution in [1.29, 1.82) is 0 Å². The summed E-state index contributed by atoms with van der Waals surface area (Å²) in [5.74, 6) is 1.31. The summed E-state index contributed by atoms with van der Waals surface area (Å²) < 4.78 is 21.7. The normalized spacial score (nSPS) is 13.7. The second kappa shape index (κ2) is 11.4. The summed E-state index contributed by atoms with van der Waals surface area (Å²) in [6.07, 6.45) is 1.60. The smallest absolute Gasteiger partial charge is 0.273 e. The average molecular weight is 595 g/mol. The first-order valence-electron chi connectivity index (χ1n) is 12.6. The maximum absolute atomic E-state index is 14.2. The first kappa shape index (κ1) is 26.5. The maximum atomic E-state index is 14.2. The lowest BCUT2D eigenvalue weighted by atomic mass is 10.2. The van der Waals surface area contributed by atoms with E-state index in [1.54, 1.807) is 34.7 Å². The van der Waals surface area contributed by atoms with Gasteiger partial charge in [-0.25, -0.2) is 9.37 Å². The summed E-state index contributed by atoms with van der Waals surface area (Å²) in [5, 5.41) is 12.7. The molecular formula is C28H24ClFN6O2S2. The van der Waals surface area contributed by atoms with E-state index in [0.717, 1.165) is 16.3 Å². The van der Waals surface area contributed by atoms with Gasteiger partial charge in [0.25, 0.3) is 5.91 Å². The van der Waals surface area contributed by atoms with Gasteiger partial charge < -0.3 is 14.2 Å². The van der Waals surface area contributed by atoms with E-state index >= 15 is 0 Å². The minimum Gasteiger partial charge on any atom is -0.461 e. The molecule has 1 fully saturated rings. The van der Waals surface area contributed by atoms with Crippen LogP contribution in [0.15, 0.2) is 75.8 Å². The molecule has 0 aliphatic carbocycles. The largest absolute Gasteiger partial charge is 0.461 e. The molecule has 1 aliphatic rings. The van der Waals surface area contributed by atoms with E-state index in [0.29, 0.717) is 65.1 Å². The SMILES string of the molecule is Cc1ccc(Cl)cc1-n1c(SCc2nc(C(=O)N3CCN(c4ccccc4F)CC3)cs2)nnc1-c1ccco1. The number of hydrogen-bond donors (Lipinski definition) is 0. The van der Waals surface area contributed by atoms with E-state index in [-0.39, 0.29) is 11.7 Å². The summed E-state index contributed by atoms with van der Waals surface area (Å²) >= 11 is 9.24. The average Bonchev–Trinajstić information content (AvgIpc) is 3.74. The third-order valence-electron chi connectivity index (χ3n) is 6.64. The molecule has 0 atom stereocenters. The van der Waals surface area contributed by atoms with Gasteiger partial charge in [0, 0.05) is 36.6 Å². The number of piperazine rings is 1. The number of thioether (sulfide) groups is 1. The standard InChI is InChI=1S/C28H24ClFN6O2S2/c1-18-8-9-19(29)15-23(18)36-26(24-7-4-14-38-24)32-33-28(36)40-17-25-31-21(16-39-25)27(37)35-12-10-34(11-13-35)22-6-3-2-5-20(22)30/h2-9,14-16H,10-13,17H2,1H3. The number of anilines is 1. The van der Waals surface area contributed by atoms with E-state index in [1.807, 2.05) is 46.7 Å². The Balaban J connectivity index is 1.15. The van der Waals surface area contributed by atoms with Gasteiger partial charge in [-0.15, -0.1) is 21.5 Å². The molecule has 0 unspecified atom stereocenters. The lowest BCUT2D eigenvalue weighted by Gasteiger charge is -2.35. The zero-order valence-corrected chi connectivity index (χ0v) is 23.8. The summed E-state index contributed by atoms with van der Waals surface area (Å²) in [5.41, 5.74) is 2.86. The minimum absolute atomic E-state index is 0.112. The van der Waals surface area contributed by atoms with Crippen molar-refractivity contribution in [2.75, 3.05) is 31.1 Å². The molecule has 5 aromatic rings. The molecule has 1 amide bonds. The highest BCUT2D eigenvalue weighted by Gasteiger charge is 2.25. The van der Waals surface area contributed by atoms with Crippen LogP contribution in [0.2, 0.25) is 5.02 Å². The van der Waals surface area contributed by atoms with Crippen molar-refractivity contribution in [2.24, 2.45) is 0 Å². The number of benzene rings is 2. The highest BCUT2D eigenvalue weighted by molar-refractivity contribution is 7.98. The van der Waals surface area contributed by atoms with Crippen molar-refractivity contribution < 1.29 is 13.6 Å². The monoisotopic (exact) mass is 594 g/mol. The second-order valence-electron chi connectivity index (χ2n) is 9.20. The fourth-order valence-corrected chi connectivity index (χ4v) is 6.49. The first-order chi connectivity index (χ1) is 19.5. The van der Waals surface area contributed by atoms with Crippen molar-refractivity contribution in [3.8, 4) is 17.3 Å². The Hall–Kier alpha value is -3.67. The molecule has 0 radical (unpaired) electrons. The van der Waals surface area contributed by atoms with Crippen LogP contribution in [0.1, 0.15) is 21.1 Å². The van der Waals surface area contributed by atoms with Gasteiger partial charge in [-0.1, -0.05) is 41.6 Å². The van der Waals surface area contributed by atoms with E-state index in [1.165, 1.54) is 29.2 Å². The molecule has 1 saturated heterocycles. The third kappa shape index (κ3) is 5.36. The molecule has 8 nitrogen and oxygen atoms in total. The van der Waals surface area contributed by atoms with Gasteiger partial charge in [0.15, 0.2) is 10.9 Å². The summed E-state index contributed by atoms with van der Waals surface area (Å²) in [7, 11) is 0. The van der Waals surface area contributed by atoms with Crippen LogP contribution in [0.4, 0.5) is 10.1 Å². The Kier molecular flexibility index (Phi) is 7.59.